The van der Waals surface area contributed by atoms with Gasteiger partial charge in [-0.05, 0) is 57.6 Å². The second-order valence-electron chi connectivity index (χ2n) is 6.95. The Morgan fingerprint density at radius 3 is 2.80 bits per heavy atom. The SMILES string of the molecule is CC1(C)CC(CN(Cc2ccccn2)C2CC2)CCO1. The van der Waals surface area contributed by atoms with Crippen molar-refractivity contribution in [1.29, 1.82) is 0 Å². The lowest BCUT2D eigenvalue weighted by Gasteiger charge is -2.38. The Hall–Kier alpha value is -0.930. The third kappa shape index (κ3) is 3.80. The Labute approximate surface area is 122 Å². The van der Waals surface area contributed by atoms with Gasteiger partial charge in [0.25, 0.3) is 0 Å². The highest BCUT2D eigenvalue weighted by molar-refractivity contribution is 5.04. The van der Waals surface area contributed by atoms with Crippen LogP contribution in [0.2, 0.25) is 0 Å². The van der Waals surface area contributed by atoms with Crippen LogP contribution in [0.4, 0.5) is 0 Å². The minimum Gasteiger partial charge on any atom is -0.376 e. The molecular formula is C17H26N2O. The molecule has 1 saturated heterocycles. The van der Waals surface area contributed by atoms with Crippen molar-refractivity contribution in [2.45, 2.75) is 57.7 Å². The van der Waals surface area contributed by atoms with Gasteiger partial charge in [-0.15, -0.1) is 0 Å². The van der Waals surface area contributed by atoms with Gasteiger partial charge < -0.3 is 4.74 Å². The van der Waals surface area contributed by atoms with Crippen LogP contribution in [0.3, 0.4) is 0 Å². The molecule has 2 heterocycles. The van der Waals surface area contributed by atoms with Crippen LogP contribution in [0.5, 0.6) is 0 Å². The maximum Gasteiger partial charge on any atom is 0.0629 e. The molecule has 0 amide bonds. The van der Waals surface area contributed by atoms with Gasteiger partial charge in [-0.3, -0.25) is 9.88 Å². The fourth-order valence-corrected chi connectivity index (χ4v) is 3.33. The van der Waals surface area contributed by atoms with Crippen molar-refractivity contribution in [3.8, 4) is 0 Å². The molecule has 2 aliphatic rings. The normalized spacial score (nSPS) is 25.9. The zero-order valence-electron chi connectivity index (χ0n) is 12.7. The molecule has 20 heavy (non-hydrogen) atoms. The van der Waals surface area contributed by atoms with Gasteiger partial charge in [0, 0.05) is 31.9 Å². The summed E-state index contributed by atoms with van der Waals surface area (Å²) in [5, 5.41) is 0. The Morgan fingerprint density at radius 2 is 2.15 bits per heavy atom. The number of rotatable bonds is 5. The largest absolute Gasteiger partial charge is 0.376 e. The Bertz CT molecular complexity index is 428. The molecule has 1 aromatic heterocycles. The number of nitrogens with zero attached hydrogens (tertiary/aromatic N) is 2. The van der Waals surface area contributed by atoms with Crippen molar-refractivity contribution in [3.05, 3.63) is 30.1 Å². The molecule has 1 aromatic rings. The average Bonchev–Trinajstić information content (AvgIpc) is 3.22. The number of aromatic nitrogens is 1. The van der Waals surface area contributed by atoms with Crippen molar-refractivity contribution in [1.82, 2.24) is 9.88 Å². The van der Waals surface area contributed by atoms with Crippen LogP contribution < -0.4 is 0 Å². The van der Waals surface area contributed by atoms with Gasteiger partial charge in [-0.25, -0.2) is 0 Å². The summed E-state index contributed by atoms with van der Waals surface area (Å²) in [5.41, 5.74) is 1.26. The highest BCUT2D eigenvalue weighted by atomic mass is 16.5. The molecule has 3 heteroatoms. The predicted octanol–water partition coefficient (Wildman–Crippen LogP) is 3.25. The first-order valence-corrected chi connectivity index (χ1v) is 7.90. The van der Waals surface area contributed by atoms with Crippen LogP contribution in [-0.2, 0) is 11.3 Å². The van der Waals surface area contributed by atoms with Crippen LogP contribution in [-0.4, -0.2) is 34.7 Å². The van der Waals surface area contributed by atoms with Gasteiger partial charge in [0.15, 0.2) is 0 Å². The van der Waals surface area contributed by atoms with E-state index in [9.17, 15) is 0 Å². The fraction of sp³-hybridized carbons (Fsp3) is 0.706. The minimum atomic E-state index is 0.0587. The lowest BCUT2D eigenvalue weighted by atomic mass is 9.88. The molecule has 2 fully saturated rings. The summed E-state index contributed by atoms with van der Waals surface area (Å²) in [5.74, 6) is 0.767. The first-order valence-electron chi connectivity index (χ1n) is 7.90. The second-order valence-corrected chi connectivity index (χ2v) is 6.95. The molecule has 0 radical (unpaired) electrons. The smallest absolute Gasteiger partial charge is 0.0629 e. The third-order valence-corrected chi connectivity index (χ3v) is 4.45. The van der Waals surface area contributed by atoms with Gasteiger partial charge in [0.05, 0.1) is 11.3 Å². The molecule has 0 bridgehead atoms. The summed E-state index contributed by atoms with van der Waals surface area (Å²) in [4.78, 5) is 7.13. The maximum absolute atomic E-state index is 5.84. The van der Waals surface area contributed by atoms with Crippen molar-refractivity contribution in [2.24, 2.45) is 5.92 Å². The summed E-state index contributed by atoms with van der Waals surface area (Å²) >= 11 is 0. The van der Waals surface area contributed by atoms with Crippen LogP contribution in [0.1, 0.15) is 45.2 Å². The summed E-state index contributed by atoms with van der Waals surface area (Å²) < 4.78 is 5.84. The van der Waals surface area contributed by atoms with Crippen molar-refractivity contribution in [2.75, 3.05) is 13.2 Å². The summed E-state index contributed by atoms with van der Waals surface area (Å²) in [7, 11) is 0. The number of hydrogen-bond acceptors (Lipinski definition) is 3. The third-order valence-electron chi connectivity index (χ3n) is 4.45. The molecule has 0 aromatic carbocycles. The minimum absolute atomic E-state index is 0.0587. The van der Waals surface area contributed by atoms with Gasteiger partial charge in [-0.1, -0.05) is 6.07 Å². The van der Waals surface area contributed by atoms with E-state index in [1.807, 2.05) is 12.3 Å². The van der Waals surface area contributed by atoms with Gasteiger partial charge in [-0.2, -0.15) is 0 Å². The Balaban J connectivity index is 1.60. The highest BCUT2D eigenvalue weighted by Crippen LogP contribution is 2.33. The molecule has 0 N–H and O–H groups in total. The van der Waals surface area contributed by atoms with Gasteiger partial charge >= 0.3 is 0 Å². The Morgan fingerprint density at radius 1 is 1.30 bits per heavy atom. The predicted molar refractivity (Wildman–Crippen MR) is 80.4 cm³/mol. The zero-order chi connectivity index (χ0) is 14.0. The molecule has 3 nitrogen and oxygen atoms in total. The molecule has 1 aliphatic carbocycles. The maximum atomic E-state index is 5.84. The molecule has 1 saturated carbocycles. The van der Waals surface area contributed by atoms with E-state index in [1.54, 1.807) is 0 Å². The highest BCUT2D eigenvalue weighted by Gasteiger charge is 2.34. The van der Waals surface area contributed by atoms with E-state index in [2.05, 4.69) is 35.9 Å². The van der Waals surface area contributed by atoms with E-state index < -0.39 is 0 Å². The van der Waals surface area contributed by atoms with Crippen LogP contribution in [0.15, 0.2) is 24.4 Å². The molecular weight excluding hydrogens is 248 g/mol. The summed E-state index contributed by atoms with van der Waals surface area (Å²) in [6.07, 6.45) is 7.00. The van der Waals surface area contributed by atoms with Crippen LogP contribution in [0, 0.1) is 5.92 Å². The van der Waals surface area contributed by atoms with Crippen LogP contribution >= 0.6 is 0 Å². The van der Waals surface area contributed by atoms with Crippen LogP contribution in [0.25, 0.3) is 0 Å². The first kappa shape index (κ1) is 14.0. The number of ether oxygens (including phenoxy) is 1. The van der Waals surface area contributed by atoms with Crippen molar-refractivity contribution < 1.29 is 4.74 Å². The molecule has 1 aliphatic heterocycles. The molecule has 1 unspecified atom stereocenters. The topological polar surface area (TPSA) is 25.4 Å². The molecule has 110 valence electrons. The molecule has 0 spiro atoms. The quantitative estimate of drug-likeness (QED) is 0.824. The fourth-order valence-electron chi connectivity index (χ4n) is 3.33. The van der Waals surface area contributed by atoms with Gasteiger partial charge in [0.2, 0.25) is 0 Å². The zero-order valence-corrected chi connectivity index (χ0v) is 12.7. The summed E-state index contributed by atoms with van der Waals surface area (Å²) in [6.45, 7) is 7.57. The van der Waals surface area contributed by atoms with E-state index in [0.717, 1.165) is 25.1 Å². The second kappa shape index (κ2) is 5.82. The number of hydrogen-bond donors (Lipinski definition) is 0. The van der Waals surface area contributed by atoms with E-state index in [1.165, 1.54) is 37.9 Å². The Kier molecular flexibility index (Phi) is 4.08. The standard InChI is InChI=1S/C17H26N2O/c1-17(2)11-14(8-10-20-17)12-19(16-6-7-16)13-15-5-3-4-9-18-15/h3-5,9,14,16H,6-8,10-13H2,1-2H3. The van der Waals surface area contributed by atoms with E-state index in [0.29, 0.717) is 0 Å². The van der Waals surface area contributed by atoms with Crippen molar-refractivity contribution >= 4 is 0 Å². The van der Waals surface area contributed by atoms with E-state index >= 15 is 0 Å². The van der Waals surface area contributed by atoms with Crippen molar-refractivity contribution in [3.63, 3.8) is 0 Å². The van der Waals surface area contributed by atoms with E-state index in [4.69, 9.17) is 4.74 Å². The monoisotopic (exact) mass is 274 g/mol. The summed E-state index contributed by atoms with van der Waals surface area (Å²) in [6, 6.07) is 7.02. The molecule has 1 atom stereocenters. The lowest BCUT2D eigenvalue weighted by Crippen LogP contribution is -2.40. The lowest BCUT2D eigenvalue weighted by molar-refractivity contribution is -0.0775. The molecule has 3 rings (SSSR count). The first-order chi connectivity index (χ1) is 9.62. The van der Waals surface area contributed by atoms with Gasteiger partial charge in [0.1, 0.15) is 0 Å². The average molecular weight is 274 g/mol. The number of pyridine rings is 1. The van der Waals surface area contributed by atoms with E-state index in [-0.39, 0.29) is 5.60 Å².